The Labute approximate surface area is 148 Å². The number of carboxylic acid groups (broad SMARTS) is 2. The van der Waals surface area contributed by atoms with E-state index in [2.05, 4.69) is 11.9 Å². The molecule has 0 aromatic heterocycles. The van der Waals surface area contributed by atoms with Crippen LogP contribution in [0.15, 0.2) is 17.1 Å². The van der Waals surface area contributed by atoms with Crippen LogP contribution < -0.4 is 10.2 Å². The molecular weight excluding hydrogens is 290 g/mol. The van der Waals surface area contributed by atoms with Crippen LogP contribution in [0, 0.1) is 0 Å². The van der Waals surface area contributed by atoms with Gasteiger partial charge in [0, 0.05) is 5.97 Å². The van der Waals surface area contributed by atoms with Crippen molar-refractivity contribution in [1.82, 2.24) is 0 Å². The number of hydrogen-bond acceptors (Lipinski definition) is 5. The zero-order chi connectivity index (χ0) is 14.7. The molecule has 0 saturated heterocycles. The van der Waals surface area contributed by atoms with Crippen LogP contribution in [-0.4, -0.2) is 66.7 Å². The number of carbonyl (C=O) groups excluding carboxylic acids is 1. The molecular formula is C13H19CaNO5. The van der Waals surface area contributed by atoms with E-state index in [9.17, 15) is 19.8 Å². The number of hydrogen-bond donors (Lipinski definition) is 1. The van der Waals surface area contributed by atoms with Gasteiger partial charge in [-0.25, -0.2) is 4.79 Å². The van der Waals surface area contributed by atoms with E-state index in [1.165, 1.54) is 6.08 Å². The average Bonchev–Trinajstić information content (AvgIpc) is 2.33. The normalized spacial score (nSPS) is 12.9. The summed E-state index contributed by atoms with van der Waals surface area (Å²) in [5, 5.41) is 30.4. The van der Waals surface area contributed by atoms with E-state index >= 15 is 0 Å². The minimum absolute atomic E-state index is 0. The summed E-state index contributed by atoms with van der Waals surface area (Å²) in [6.45, 7) is 2.07. The van der Waals surface area contributed by atoms with E-state index in [-0.39, 0.29) is 44.2 Å². The molecule has 0 spiro atoms. The summed E-state index contributed by atoms with van der Waals surface area (Å²) in [5.74, 6) is -3.32. The van der Waals surface area contributed by atoms with Crippen LogP contribution in [0.2, 0.25) is 0 Å². The van der Waals surface area contributed by atoms with Crippen LogP contribution >= 0.6 is 0 Å². The Morgan fingerprint density at radius 1 is 1.30 bits per heavy atom. The van der Waals surface area contributed by atoms with Crippen molar-refractivity contribution in [3.63, 3.8) is 0 Å². The summed E-state index contributed by atoms with van der Waals surface area (Å²) in [7, 11) is 0. The molecule has 0 fully saturated rings. The van der Waals surface area contributed by atoms with Gasteiger partial charge in [-0.1, -0.05) is 31.9 Å². The minimum atomic E-state index is -1.36. The van der Waals surface area contributed by atoms with Crippen molar-refractivity contribution in [2.24, 2.45) is 4.99 Å². The molecule has 0 heterocycles. The summed E-state index contributed by atoms with van der Waals surface area (Å²) in [6, 6.07) is -1.33. The molecule has 1 N–H and O–H groups in total. The van der Waals surface area contributed by atoms with E-state index in [0.29, 0.717) is 0 Å². The predicted molar refractivity (Wildman–Crippen MR) is 72.1 cm³/mol. The predicted octanol–water partition coefficient (Wildman–Crippen LogP) is -0.516. The Morgan fingerprint density at radius 3 is 2.45 bits per heavy atom. The molecule has 108 valence electrons. The minimum Gasteiger partial charge on any atom is -0.859 e. The maximum atomic E-state index is 11.4. The number of unbranched alkanes of at least 4 members (excludes halogenated alkanes) is 3. The maximum absolute atomic E-state index is 11.4. The summed E-state index contributed by atoms with van der Waals surface area (Å²) < 4.78 is 0. The summed E-state index contributed by atoms with van der Waals surface area (Å²) in [5.41, 5.74) is 0. The molecule has 20 heavy (non-hydrogen) atoms. The second-order valence-electron chi connectivity index (χ2n) is 4.13. The summed E-state index contributed by atoms with van der Waals surface area (Å²) >= 11 is 0. The first-order chi connectivity index (χ1) is 8.97. The van der Waals surface area contributed by atoms with Gasteiger partial charge in [-0.2, -0.15) is 0 Å². The molecule has 0 aromatic carbocycles. The van der Waals surface area contributed by atoms with Gasteiger partial charge in [-0.15, -0.1) is 0 Å². The fraction of sp³-hybridized carbons (Fsp3) is 0.615. The number of allylic oxidation sites excluding steroid dienone is 1. The first kappa shape index (κ1) is 21.7. The molecule has 0 unspecified atom stereocenters. The van der Waals surface area contributed by atoms with Gasteiger partial charge in [0.25, 0.3) is 0 Å². The van der Waals surface area contributed by atoms with E-state index < -0.39 is 30.3 Å². The molecule has 0 bridgehead atoms. The first-order valence-corrected chi connectivity index (χ1v) is 6.31. The smallest absolute Gasteiger partial charge is 0.859 e. The molecule has 0 aliphatic carbocycles. The van der Waals surface area contributed by atoms with Gasteiger partial charge in [0.05, 0.1) is 0 Å². The van der Waals surface area contributed by atoms with Crippen molar-refractivity contribution >= 4 is 55.6 Å². The quantitative estimate of drug-likeness (QED) is 0.252. The van der Waals surface area contributed by atoms with E-state index in [1.54, 1.807) is 6.08 Å². The third kappa shape index (κ3) is 12.4. The van der Waals surface area contributed by atoms with Crippen LogP contribution in [0.25, 0.3) is 0 Å². The zero-order valence-electron chi connectivity index (χ0n) is 11.7. The van der Waals surface area contributed by atoms with Crippen LogP contribution in [-0.2, 0) is 9.59 Å². The SMILES string of the molecule is CCCCC/C=C/C([O-])=N[C@@H](CCC(=O)[O-])C(=O)O.[Ca+2]. The molecule has 0 saturated carbocycles. The van der Waals surface area contributed by atoms with Crippen molar-refractivity contribution in [2.45, 2.75) is 51.5 Å². The second-order valence-corrected chi connectivity index (χ2v) is 4.13. The number of aliphatic carboxylic acids is 2. The van der Waals surface area contributed by atoms with Gasteiger partial charge < -0.3 is 20.1 Å². The molecule has 6 nitrogen and oxygen atoms in total. The molecule has 0 rings (SSSR count). The van der Waals surface area contributed by atoms with Gasteiger partial charge in [0.15, 0.2) is 0 Å². The molecule has 0 aliphatic heterocycles. The van der Waals surface area contributed by atoms with Crippen LogP contribution in [0.5, 0.6) is 0 Å². The largest absolute Gasteiger partial charge is 2.00 e. The molecule has 0 amide bonds. The second kappa shape index (κ2) is 13.4. The van der Waals surface area contributed by atoms with Crippen LogP contribution in [0.4, 0.5) is 0 Å². The van der Waals surface area contributed by atoms with Crippen molar-refractivity contribution in [2.75, 3.05) is 0 Å². The maximum Gasteiger partial charge on any atom is 2.00 e. The van der Waals surface area contributed by atoms with Gasteiger partial charge in [-0.05, 0) is 31.6 Å². The van der Waals surface area contributed by atoms with E-state index in [0.717, 1.165) is 25.7 Å². The number of nitrogens with zero attached hydrogens (tertiary/aromatic N) is 1. The monoisotopic (exact) mass is 309 g/mol. The Bertz CT molecular complexity index is 355. The van der Waals surface area contributed by atoms with Crippen LogP contribution in [0.3, 0.4) is 0 Å². The van der Waals surface area contributed by atoms with Gasteiger partial charge in [-0.3, -0.25) is 4.99 Å². The number of aliphatic imine (C=N–C) groups is 1. The number of carbonyl (C=O) groups is 2. The Hall–Kier alpha value is -0.590. The summed E-state index contributed by atoms with van der Waals surface area (Å²) in [4.78, 5) is 24.5. The van der Waals surface area contributed by atoms with Gasteiger partial charge >= 0.3 is 43.7 Å². The molecule has 7 heteroatoms. The molecule has 0 aliphatic rings. The standard InChI is InChI=1S/C13H21NO5.Ca/c1-2-3-4-5-6-7-11(15)14-10(13(18)19)8-9-12(16)17;/h6-7,10H,2-5,8-9H2,1H3,(H,14,15)(H,16,17)(H,18,19);/q;+2/p-2/b7-6+;/t10-;/m0./s1. The Morgan fingerprint density at radius 2 is 1.95 bits per heavy atom. The van der Waals surface area contributed by atoms with Crippen molar-refractivity contribution < 1.29 is 24.9 Å². The third-order valence-electron chi connectivity index (χ3n) is 2.42. The third-order valence-corrected chi connectivity index (χ3v) is 2.42. The van der Waals surface area contributed by atoms with Gasteiger partial charge in [0.2, 0.25) is 0 Å². The fourth-order valence-corrected chi connectivity index (χ4v) is 1.39. The molecule has 0 radical (unpaired) electrons. The zero-order valence-corrected chi connectivity index (χ0v) is 13.9. The van der Waals surface area contributed by atoms with Crippen molar-refractivity contribution in [1.29, 1.82) is 0 Å². The van der Waals surface area contributed by atoms with E-state index in [1.807, 2.05) is 0 Å². The Balaban J connectivity index is 0. The Kier molecular flexibility index (Phi) is 14.5. The van der Waals surface area contributed by atoms with E-state index in [4.69, 9.17) is 5.11 Å². The first-order valence-electron chi connectivity index (χ1n) is 6.31. The molecule has 1 atom stereocenters. The van der Waals surface area contributed by atoms with Gasteiger partial charge in [0.1, 0.15) is 6.04 Å². The topological polar surface area (TPSA) is 113 Å². The van der Waals surface area contributed by atoms with Crippen molar-refractivity contribution in [3.8, 4) is 0 Å². The average molecular weight is 309 g/mol. The fourth-order valence-electron chi connectivity index (χ4n) is 1.39. The summed E-state index contributed by atoms with van der Waals surface area (Å²) in [6.07, 6.45) is 6.06. The number of rotatable bonds is 10. The van der Waals surface area contributed by atoms with Crippen molar-refractivity contribution in [3.05, 3.63) is 12.2 Å². The van der Waals surface area contributed by atoms with Crippen LogP contribution in [0.1, 0.15) is 45.4 Å². The number of carboxylic acids is 2. The molecule has 0 aromatic rings.